The summed E-state index contributed by atoms with van der Waals surface area (Å²) in [6.07, 6.45) is 7.92. The molecule has 0 spiro atoms. The second kappa shape index (κ2) is 7.48. The topological polar surface area (TPSA) is 90.1 Å². The molecule has 1 N–H and O–H groups in total. The molecule has 1 aliphatic carbocycles. The van der Waals surface area contributed by atoms with E-state index in [-0.39, 0.29) is 11.6 Å². The Labute approximate surface area is 143 Å². The molecular formula is C16H18N4O3S. The van der Waals surface area contributed by atoms with Gasteiger partial charge >= 0.3 is 0 Å². The Kier molecular flexibility index (Phi) is 5.14. The first-order chi connectivity index (χ1) is 11.6. The van der Waals surface area contributed by atoms with E-state index in [1.807, 2.05) is 4.57 Å². The third kappa shape index (κ3) is 3.94. The number of nitro groups is 1. The highest BCUT2D eigenvalue weighted by atomic mass is 32.2. The fourth-order valence-electron chi connectivity index (χ4n) is 2.80. The van der Waals surface area contributed by atoms with Gasteiger partial charge in [0.25, 0.3) is 5.69 Å². The molecule has 1 aromatic heterocycles. The maximum Gasteiger partial charge on any atom is 0.269 e. The number of non-ortho nitro benzene ring substituents is 1. The number of nitro benzene ring substituents is 1. The quantitative estimate of drug-likeness (QED) is 0.493. The van der Waals surface area contributed by atoms with Crippen molar-refractivity contribution in [1.82, 2.24) is 14.9 Å². The van der Waals surface area contributed by atoms with Crippen LogP contribution in [0.2, 0.25) is 0 Å². The highest BCUT2D eigenvalue weighted by molar-refractivity contribution is 7.99. The summed E-state index contributed by atoms with van der Waals surface area (Å²) < 4.78 is 1.82. The molecule has 7 nitrogen and oxygen atoms in total. The van der Waals surface area contributed by atoms with Gasteiger partial charge in [-0.3, -0.25) is 19.5 Å². The molecule has 1 fully saturated rings. The lowest BCUT2D eigenvalue weighted by atomic mass is 10.2. The number of thioether (sulfide) groups is 1. The number of amides is 1. The lowest BCUT2D eigenvalue weighted by molar-refractivity contribution is -0.384. The van der Waals surface area contributed by atoms with Gasteiger partial charge in [0.05, 0.1) is 10.7 Å². The first kappa shape index (κ1) is 16.5. The number of nitrogens with zero attached hydrogens (tertiary/aromatic N) is 3. The molecule has 0 bridgehead atoms. The molecule has 0 unspecified atom stereocenters. The fraction of sp³-hybridized carbons (Fsp3) is 0.375. The zero-order valence-corrected chi connectivity index (χ0v) is 13.9. The molecule has 1 aliphatic rings. The first-order valence-electron chi connectivity index (χ1n) is 7.84. The van der Waals surface area contributed by atoms with Crippen LogP contribution in [-0.4, -0.2) is 32.2 Å². The van der Waals surface area contributed by atoms with Gasteiger partial charge in [-0.1, -0.05) is 24.6 Å². The summed E-state index contributed by atoms with van der Waals surface area (Å²) >= 11 is 1.36. The van der Waals surface area contributed by atoms with Crippen LogP contribution in [-0.2, 0) is 4.79 Å². The lowest BCUT2D eigenvalue weighted by Gasteiger charge is -2.12. The van der Waals surface area contributed by atoms with E-state index in [4.69, 9.17) is 0 Å². The van der Waals surface area contributed by atoms with Crippen molar-refractivity contribution in [3.63, 3.8) is 0 Å². The van der Waals surface area contributed by atoms with Crippen LogP contribution in [0.25, 0.3) is 5.69 Å². The third-order valence-electron chi connectivity index (χ3n) is 4.00. The zero-order chi connectivity index (χ0) is 16.9. The largest absolute Gasteiger partial charge is 0.353 e. The number of aromatic nitrogens is 2. The molecular weight excluding hydrogens is 328 g/mol. The highest BCUT2D eigenvalue weighted by Gasteiger charge is 2.17. The van der Waals surface area contributed by atoms with Gasteiger partial charge in [0.1, 0.15) is 0 Å². The number of nitrogens with one attached hydrogen (secondary N) is 1. The van der Waals surface area contributed by atoms with E-state index in [2.05, 4.69) is 10.3 Å². The van der Waals surface area contributed by atoms with Crippen molar-refractivity contribution in [2.45, 2.75) is 36.9 Å². The standard InChI is InChI=1S/C16H18N4O3S/c21-15(18-12-3-1-2-4-12)11-24-16-17-9-10-19(16)13-5-7-14(8-6-13)20(22)23/h5-10,12H,1-4,11H2,(H,18,21). The van der Waals surface area contributed by atoms with Crippen molar-refractivity contribution < 1.29 is 9.72 Å². The monoisotopic (exact) mass is 346 g/mol. The minimum Gasteiger partial charge on any atom is -0.353 e. The Morgan fingerprint density at radius 3 is 2.71 bits per heavy atom. The van der Waals surface area contributed by atoms with Crippen LogP contribution in [0, 0.1) is 10.1 Å². The number of rotatable bonds is 6. The lowest BCUT2D eigenvalue weighted by Crippen LogP contribution is -2.33. The van der Waals surface area contributed by atoms with Crippen LogP contribution in [0.4, 0.5) is 5.69 Å². The van der Waals surface area contributed by atoms with Crippen LogP contribution in [0.5, 0.6) is 0 Å². The summed E-state index contributed by atoms with van der Waals surface area (Å²) in [7, 11) is 0. The Morgan fingerprint density at radius 2 is 2.04 bits per heavy atom. The molecule has 1 aromatic carbocycles. The average Bonchev–Trinajstić information content (AvgIpc) is 3.24. The predicted molar refractivity (Wildman–Crippen MR) is 91.3 cm³/mol. The summed E-state index contributed by atoms with van der Waals surface area (Å²) in [5, 5.41) is 14.5. The van der Waals surface area contributed by atoms with E-state index in [1.165, 1.54) is 36.7 Å². The average molecular weight is 346 g/mol. The van der Waals surface area contributed by atoms with Crippen LogP contribution in [0.1, 0.15) is 25.7 Å². The van der Waals surface area contributed by atoms with Crippen molar-refractivity contribution in [1.29, 1.82) is 0 Å². The van der Waals surface area contributed by atoms with E-state index in [0.717, 1.165) is 18.5 Å². The molecule has 0 saturated heterocycles. The Hall–Kier alpha value is -2.35. The molecule has 24 heavy (non-hydrogen) atoms. The number of imidazole rings is 1. The van der Waals surface area contributed by atoms with Gasteiger partial charge in [-0.25, -0.2) is 4.98 Å². The summed E-state index contributed by atoms with van der Waals surface area (Å²) in [4.78, 5) is 26.6. The van der Waals surface area contributed by atoms with Gasteiger partial charge in [-0.15, -0.1) is 0 Å². The highest BCUT2D eigenvalue weighted by Crippen LogP contribution is 2.23. The van der Waals surface area contributed by atoms with E-state index >= 15 is 0 Å². The molecule has 8 heteroatoms. The van der Waals surface area contributed by atoms with Gasteiger partial charge in [0.15, 0.2) is 5.16 Å². The predicted octanol–water partition coefficient (Wildman–Crippen LogP) is 2.93. The number of hydrogen-bond acceptors (Lipinski definition) is 5. The molecule has 1 heterocycles. The minimum absolute atomic E-state index is 0.0187. The summed E-state index contributed by atoms with van der Waals surface area (Å²) in [6.45, 7) is 0. The molecule has 1 amide bonds. The molecule has 1 saturated carbocycles. The number of carbonyl (C=O) groups excluding carboxylic acids is 1. The third-order valence-corrected chi connectivity index (χ3v) is 4.96. The minimum atomic E-state index is -0.430. The zero-order valence-electron chi connectivity index (χ0n) is 13.1. The number of carbonyl (C=O) groups is 1. The Morgan fingerprint density at radius 1 is 1.33 bits per heavy atom. The van der Waals surface area contributed by atoms with Crippen LogP contribution in [0.15, 0.2) is 41.8 Å². The first-order valence-corrected chi connectivity index (χ1v) is 8.82. The van der Waals surface area contributed by atoms with Gasteiger partial charge < -0.3 is 5.32 Å². The van der Waals surface area contributed by atoms with Crippen LogP contribution in [0.3, 0.4) is 0 Å². The molecule has 0 radical (unpaired) electrons. The van der Waals surface area contributed by atoms with E-state index in [1.54, 1.807) is 24.5 Å². The van der Waals surface area contributed by atoms with Crippen molar-refractivity contribution >= 4 is 23.4 Å². The molecule has 3 rings (SSSR count). The normalized spacial score (nSPS) is 14.7. The smallest absolute Gasteiger partial charge is 0.269 e. The molecule has 0 atom stereocenters. The molecule has 126 valence electrons. The van der Waals surface area contributed by atoms with Crippen LogP contribution < -0.4 is 5.32 Å². The summed E-state index contributed by atoms with van der Waals surface area (Å²) in [5.74, 6) is 0.325. The Balaban J connectivity index is 1.62. The maximum atomic E-state index is 12.0. The summed E-state index contributed by atoms with van der Waals surface area (Å²) in [6, 6.07) is 6.56. The molecule has 2 aromatic rings. The second-order valence-corrected chi connectivity index (χ2v) is 6.63. The Bertz CT molecular complexity index is 723. The van der Waals surface area contributed by atoms with E-state index < -0.39 is 4.92 Å². The summed E-state index contributed by atoms with van der Waals surface area (Å²) in [5.41, 5.74) is 0.820. The fourth-order valence-corrected chi connectivity index (χ4v) is 3.58. The van der Waals surface area contributed by atoms with E-state index in [0.29, 0.717) is 17.0 Å². The van der Waals surface area contributed by atoms with Crippen molar-refractivity contribution in [3.05, 3.63) is 46.8 Å². The second-order valence-electron chi connectivity index (χ2n) is 5.69. The maximum absolute atomic E-state index is 12.0. The van der Waals surface area contributed by atoms with Crippen molar-refractivity contribution in [2.75, 3.05) is 5.75 Å². The van der Waals surface area contributed by atoms with Gasteiger partial charge in [0.2, 0.25) is 5.91 Å². The molecule has 0 aliphatic heterocycles. The van der Waals surface area contributed by atoms with Crippen LogP contribution >= 0.6 is 11.8 Å². The van der Waals surface area contributed by atoms with Gasteiger partial charge in [-0.05, 0) is 25.0 Å². The van der Waals surface area contributed by atoms with Gasteiger partial charge in [-0.2, -0.15) is 0 Å². The van der Waals surface area contributed by atoms with Crippen molar-refractivity contribution in [2.24, 2.45) is 0 Å². The van der Waals surface area contributed by atoms with E-state index in [9.17, 15) is 14.9 Å². The SMILES string of the molecule is O=C(CSc1nccn1-c1ccc([N+](=O)[O-])cc1)NC1CCCC1. The van der Waals surface area contributed by atoms with Gasteiger partial charge in [0, 0.05) is 36.3 Å². The van der Waals surface area contributed by atoms with Crippen molar-refractivity contribution in [3.8, 4) is 5.69 Å². The number of hydrogen-bond donors (Lipinski definition) is 1. The number of benzene rings is 1.